The molecule has 0 aromatic heterocycles. The molecule has 3 N–H and O–H groups in total. The van der Waals surface area contributed by atoms with Crippen LogP contribution in [0.15, 0.2) is 22.7 Å². The molecule has 13 heavy (non-hydrogen) atoms. The Morgan fingerprint density at radius 2 is 2.15 bits per heavy atom. The van der Waals surface area contributed by atoms with Gasteiger partial charge in [0.05, 0.1) is 0 Å². The third-order valence-electron chi connectivity index (χ3n) is 2.14. The quantitative estimate of drug-likeness (QED) is 0.853. The summed E-state index contributed by atoms with van der Waals surface area (Å²) in [5.74, 6) is 0. The Morgan fingerprint density at radius 1 is 1.38 bits per heavy atom. The number of halogens is 1. The number of hydrogen-bond acceptors (Lipinski definition) is 2. The number of nitrogens with two attached hydrogens (primary N) is 1. The van der Waals surface area contributed by atoms with Crippen molar-refractivity contribution in [1.82, 2.24) is 0 Å². The monoisotopic (exact) mass is 240 g/mol. The minimum atomic E-state index is 0.596. The summed E-state index contributed by atoms with van der Waals surface area (Å²) in [5, 5.41) is 3.45. The molecule has 0 spiro atoms. The van der Waals surface area contributed by atoms with Gasteiger partial charge in [-0.25, -0.2) is 0 Å². The molecule has 0 aliphatic heterocycles. The van der Waals surface area contributed by atoms with Crippen molar-refractivity contribution in [3.05, 3.63) is 28.2 Å². The molecule has 0 saturated heterocycles. The van der Waals surface area contributed by atoms with Gasteiger partial charge in [-0.15, -0.1) is 0 Å². The zero-order valence-corrected chi connectivity index (χ0v) is 8.97. The van der Waals surface area contributed by atoms with Gasteiger partial charge in [0.15, 0.2) is 0 Å². The van der Waals surface area contributed by atoms with Gasteiger partial charge >= 0.3 is 0 Å². The van der Waals surface area contributed by atoms with E-state index in [1.807, 2.05) is 0 Å². The van der Waals surface area contributed by atoms with Gasteiger partial charge in [-0.1, -0.05) is 15.9 Å². The summed E-state index contributed by atoms with van der Waals surface area (Å²) in [7, 11) is 0. The number of rotatable bonds is 3. The molecule has 0 heterocycles. The van der Waals surface area contributed by atoms with E-state index in [0.717, 1.165) is 10.0 Å². The Hall–Kier alpha value is -0.540. The van der Waals surface area contributed by atoms with Gasteiger partial charge in [0.1, 0.15) is 0 Å². The lowest BCUT2D eigenvalue weighted by atomic mass is 10.2. The highest BCUT2D eigenvalue weighted by Gasteiger charge is 2.20. The maximum atomic E-state index is 5.59. The van der Waals surface area contributed by atoms with Crippen molar-refractivity contribution < 1.29 is 0 Å². The molecule has 0 amide bonds. The number of nitrogens with one attached hydrogen (secondary N) is 1. The topological polar surface area (TPSA) is 38.0 Å². The van der Waals surface area contributed by atoms with Crippen molar-refractivity contribution in [3.8, 4) is 0 Å². The zero-order chi connectivity index (χ0) is 9.26. The van der Waals surface area contributed by atoms with Crippen LogP contribution < -0.4 is 11.1 Å². The van der Waals surface area contributed by atoms with Crippen LogP contribution in [0.4, 0.5) is 5.69 Å². The van der Waals surface area contributed by atoms with E-state index in [-0.39, 0.29) is 0 Å². The van der Waals surface area contributed by atoms with E-state index in [4.69, 9.17) is 5.73 Å². The molecule has 1 fully saturated rings. The van der Waals surface area contributed by atoms with Gasteiger partial charge < -0.3 is 11.1 Å². The minimum absolute atomic E-state index is 0.596. The predicted molar refractivity (Wildman–Crippen MR) is 58.7 cm³/mol. The summed E-state index contributed by atoms with van der Waals surface area (Å²) < 4.78 is 1.10. The first-order valence-electron chi connectivity index (χ1n) is 4.54. The molecule has 1 aromatic rings. The zero-order valence-electron chi connectivity index (χ0n) is 7.39. The van der Waals surface area contributed by atoms with E-state index in [1.165, 1.54) is 18.5 Å². The molecule has 1 aromatic carbocycles. The number of benzene rings is 1. The highest BCUT2D eigenvalue weighted by Crippen LogP contribution is 2.27. The fourth-order valence-electron chi connectivity index (χ4n) is 1.31. The SMILES string of the molecule is NCc1cc(Br)cc(NC2CC2)c1. The Bertz CT molecular complexity index is 308. The van der Waals surface area contributed by atoms with Crippen molar-refractivity contribution in [3.63, 3.8) is 0 Å². The fraction of sp³-hybridized carbons (Fsp3) is 0.400. The van der Waals surface area contributed by atoms with E-state index in [2.05, 4.69) is 39.4 Å². The van der Waals surface area contributed by atoms with Crippen molar-refractivity contribution in [2.45, 2.75) is 25.4 Å². The van der Waals surface area contributed by atoms with Crippen LogP contribution in [0.3, 0.4) is 0 Å². The lowest BCUT2D eigenvalue weighted by molar-refractivity contribution is 1.06. The normalized spacial score (nSPS) is 15.8. The average Bonchev–Trinajstić information content (AvgIpc) is 2.87. The molecule has 2 nitrogen and oxygen atoms in total. The van der Waals surface area contributed by atoms with Crippen LogP contribution in [0.25, 0.3) is 0 Å². The molecular weight excluding hydrogens is 228 g/mol. The van der Waals surface area contributed by atoms with Gasteiger partial charge in [0, 0.05) is 22.7 Å². The summed E-state index contributed by atoms with van der Waals surface area (Å²) in [6.07, 6.45) is 2.59. The van der Waals surface area contributed by atoms with E-state index in [9.17, 15) is 0 Å². The minimum Gasteiger partial charge on any atom is -0.382 e. The highest BCUT2D eigenvalue weighted by atomic mass is 79.9. The molecule has 1 saturated carbocycles. The van der Waals surface area contributed by atoms with Gasteiger partial charge in [-0.2, -0.15) is 0 Å². The van der Waals surface area contributed by atoms with Crippen LogP contribution in [-0.2, 0) is 6.54 Å². The van der Waals surface area contributed by atoms with Crippen LogP contribution in [0.1, 0.15) is 18.4 Å². The Morgan fingerprint density at radius 3 is 2.77 bits per heavy atom. The summed E-state index contributed by atoms with van der Waals surface area (Å²) in [6.45, 7) is 0.596. The first-order chi connectivity index (χ1) is 6.28. The van der Waals surface area contributed by atoms with Crippen LogP contribution >= 0.6 is 15.9 Å². The van der Waals surface area contributed by atoms with Crippen molar-refractivity contribution in [1.29, 1.82) is 0 Å². The fourth-order valence-corrected chi connectivity index (χ4v) is 1.86. The first-order valence-corrected chi connectivity index (χ1v) is 5.33. The van der Waals surface area contributed by atoms with E-state index in [0.29, 0.717) is 12.6 Å². The van der Waals surface area contributed by atoms with Gasteiger partial charge in [-0.05, 0) is 36.6 Å². The number of anilines is 1. The van der Waals surface area contributed by atoms with Crippen LogP contribution in [0, 0.1) is 0 Å². The van der Waals surface area contributed by atoms with Crippen LogP contribution in [0.5, 0.6) is 0 Å². The lowest BCUT2D eigenvalue weighted by Crippen LogP contribution is -2.03. The van der Waals surface area contributed by atoms with E-state index >= 15 is 0 Å². The lowest BCUT2D eigenvalue weighted by Gasteiger charge is -2.07. The average molecular weight is 241 g/mol. The van der Waals surface area contributed by atoms with E-state index in [1.54, 1.807) is 0 Å². The molecule has 1 aliphatic rings. The molecule has 0 unspecified atom stereocenters. The molecule has 2 rings (SSSR count). The molecule has 0 radical (unpaired) electrons. The largest absolute Gasteiger partial charge is 0.382 e. The highest BCUT2D eigenvalue weighted by molar-refractivity contribution is 9.10. The summed E-state index contributed by atoms with van der Waals surface area (Å²) >= 11 is 3.47. The Kier molecular flexibility index (Phi) is 2.56. The Balaban J connectivity index is 2.17. The van der Waals surface area contributed by atoms with Crippen molar-refractivity contribution in [2.24, 2.45) is 5.73 Å². The summed E-state index contributed by atoms with van der Waals surface area (Å²) in [6, 6.07) is 6.96. The maximum Gasteiger partial charge on any atom is 0.0356 e. The van der Waals surface area contributed by atoms with Crippen molar-refractivity contribution >= 4 is 21.6 Å². The summed E-state index contributed by atoms with van der Waals surface area (Å²) in [4.78, 5) is 0. The first kappa shape index (κ1) is 9.03. The van der Waals surface area contributed by atoms with Gasteiger partial charge in [0.25, 0.3) is 0 Å². The molecule has 3 heteroatoms. The third kappa shape index (κ3) is 2.45. The second-order valence-electron chi connectivity index (χ2n) is 3.47. The second kappa shape index (κ2) is 3.68. The number of hydrogen-bond donors (Lipinski definition) is 2. The standard InChI is InChI=1S/C10H13BrN2/c11-8-3-7(6-12)4-10(5-8)13-9-1-2-9/h3-5,9,13H,1-2,6,12H2. The smallest absolute Gasteiger partial charge is 0.0356 e. The van der Waals surface area contributed by atoms with Gasteiger partial charge in [-0.3, -0.25) is 0 Å². The second-order valence-corrected chi connectivity index (χ2v) is 4.39. The van der Waals surface area contributed by atoms with Crippen molar-refractivity contribution in [2.75, 3.05) is 5.32 Å². The summed E-state index contributed by atoms with van der Waals surface area (Å²) in [5.41, 5.74) is 7.93. The maximum absolute atomic E-state index is 5.59. The van der Waals surface area contributed by atoms with E-state index < -0.39 is 0 Å². The molecule has 0 bridgehead atoms. The van der Waals surface area contributed by atoms with Crippen LogP contribution in [0.2, 0.25) is 0 Å². The molecule has 1 aliphatic carbocycles. The molecule has 0 atom stereocenters. The molecule has 70 valence electrons. The third-order valence-corrected chi connectivity index (χ3v) is 2.60. The Labute approximate surface area is 86.6 Å². The predicted octanol–water partition coefficient (Wildman–Crippen LogP) is 2.48. The van der Waals surface area contributed by atoms with Crippen LogP contribution in [-0.4, -0.2) is 6.04 Å². The molecular formula is C10H13BrN2. The van der Waals surface area contributed by atoms with Gasteiger partial charge in [0.2, 0.25) is 0 Å².